The van der Waals surface area contributed by atoms with E-state index in [1.165, 1.54) is 11.3 Å². The van der Waals surface area contributed by atoms with Crippen molar-refractivity contribution in [3.8, 4) is 5.88 Å². The summed E-state index contributed by atoms with van der Waals surface area (Å²) >= 11 is 1.47. The SMILES string of the molecule is CC(C)Oc1ncccc1CNC(=O)C(N)c1cccs1. The van der Waals surface area contributed by atoms with Gasteiger partial charge >= 0.3 is 0 Å². The number of thiophene rings is 1. The smallest absolute Gasteiger partial charge is 0.242 e. The normalized spacial score (nSPS) is 12.2. The third-order valence-electron chi connectivity index (χ3n) is 2.78. The van der Waals surface area contributed by atoms with E-state index in [9.17, 15) is 4.79 Å². The molecular weight excluding hydrogens is 286 g/mol. The predicted molar refractivity (Wildman–Crippen MR) is 83.1 cm³/mol. The van der Waals surface area contributed by atoms with Crippen molar-refractivity contribution in [3.05, 3.63) is 46.3 Å². The van der Waals surface area contributed by atoms with E-state index in [1.807, 2.05) is 43.5 Å². The third kappa shape index (κ3) is 4.27. The molecule has 21 heavy (non-hydrogen) atoms. The Morgan fingerprint density at radius 3 is 2.90 bits per heavy atom. The first-order valence-corrected chi connectivity index (χ1v) is 7.63. The van der Waals surface area contributed by atoms with Gasteiger partial charge in [-0.15, -0.1) is 11.3 Å². The van der Waals surface area contributed by atoms with Gasteiger partial charge in [-0.3, -0.25) is 4.79 Å². The van der Waals surface area contributed by atoms with Crippen LogP contribution in [0, 0.1) is 0 Å². The summed E-state index contributed by atoms with van der Waals surface area (Å²) in [7, 11) is 0. The monoisotopic (exact) mass is 305 g/mol. The molecular formula is C15H19N3O2S. The topological polar surface area (TPSA) is 77.2 Å². The molecule has 0 radical (unpaired) electrons. The number of amides is 1. The Balaban J connectivity index is 1.98. The lowest BCUT2D eigenvalue weighted by atomic mass is 10.2. The molecule has 2 aromatic rings. The standard InChI is InChI=1S/C15H19N3O2S/c1-10(2)20-15-11(5-3-7-17-15)9-18-14(19)13(16)12-6-4-8-21-12/h3-8,10,13H,9,16H2,1-2H3,(H,18,19). The number of carbonyl (C=O) groups excluding carboxylic acids is 1. The zero-order valence-corrected chi connectivity index (χ0v) is 12.9. The Morgan fingerprint density at radius 2 is 2.24 bits per heavy atom. The average Bonchev–Trinajstić information content (AvgIpc) is 2.98. The Morgan fingerprint density at radius 1 is 1.43 bits per heavy atom. The number of aromatic nitrogens is 1. The van der Waals surface area contributed by atoms with Crippen molar-refractivity contribution in [2.24, 2.45) is 5.73 Å². The van der Waals surface area contributed by atoms with Gasteiger partial charge in [0, 0.05) is 23.2 Å². The molecule has 0 bridgehead atoms. The van der Waals surface area contributed by atoms with E-state index in [0.717, 1.165) is 10.4 Å². The van der Waals surface area contributed by atoms with Gasteiger partial charge in [0.05, 0.1) is 6.10 Å². The maximum Gasteiger partial charge on any atom is 0.242 e. The minimum Gasteiger partial charge on any atom is -0.475 e. The van der Waals surface area contributed by atoms with Crippen LogP contribution in [0.15, 0.2) is 35.8 Å². The minimum absolute atomic E-state index is 0.0303. The van der Waals surface area contributed by atoms with Crippen LogP contribution in [0.1, 0.15) is 30.3 Å². The first-order valence-electron chi connectivity index (χ1n) is 6.75. The number of hydrogen-bond donors (Lipinski definition) is 2. The van der Waals surface area contributed by atoms with E-state index in [4.69, 9.17) is 10.5 Å². The van der Waals surface area contributed by atoms with Crippen LogP contribution in [0.25, 0.3) is 0 Å². The molecule has 0 aromatic carbocycles. The lowest BCUT2D eigenvalue weighted by molar-refractivity contribution is -0.122. The predicted octanol–water partition coefficient (Wildman–Crippen LogP) is 2.25. The Labute approximate surface area is 128 Å². The quantitative estimate of drug-likeness (QED) is 0.858. The number of nitrogens with one attached hydrogen (secondary N) is 1. The van der Waals surface area contributed by atoms with E-state index in [1.54, 1.807) is 6.20 Å². The van der Waals surface area contributed by atoms with E-state index >= 15 is 0 Å². The van der Waals surface area contributed by atoms with Gasteiger partial charge in [-0.1, -0.05) is 12.1 Å². The van der Waals surface area contributed by atoms with Crippen molar-refractivity contribution in [1.29, 1.82) is 0 Å². The first-order chi connectivity index (χ1) is 10.1. The summed E-state index contributed by atoms with van der Waals surface area (Å²) in [5.41, 5.74) is 6.75. The molecule has 1 atom stereocenters. The Bertz CT molecular complexity index is 584. The van der Waals surface area contributed by atoms with Crippen LogP contribution in [0.2, 0.25) is 0 Å². The minimum atomic E-state index is -0.642. The molecule has 6 heteroatoms. The fraction of sp³-hybridized carbons (Fsp3) is 0.333. The van der Waals surface area contributed by atoms with E-state index in [-0.39, 0.29) is 12.0 Å². The summed E-state index contributed by atoms with van der Waals surface area (Å²) in [6.07, 6.45) is 1.70. The van der Waals surface area contributed by atoms with Gasteiger partial charge in [-0.2, -0.15) is 0 Å². The van der Waals surface area contributed by atoms with Gasteiger partial charge in [-0.25, -0.2) is 4.98 Å². The fourth-order valence-corrected chi connectivity index (χ4v) is 2.50. The zero-order valence-electron chi connectivity index (χ0n) is 12.1. The van der Waals surface area contributed by atoms with Crippen molar-refractivity contribution in [3.63, 3.8) is 0 Å². The van der Waals surface area contributed by atoms with Crippen molar-refractivity contribution in [2.45, 2.75) is 32.5 Å². The average molecular weight is 305 g/mol. The summed E-state index contributed by atoms with van der Waals surface area (Å²) < 4.78 is 5.62. The van der Waals surface area contributed by atoms with Gasteiger partial charge in [0.15, 0.2) is 0 Å². The van der Waals surface area contributed by atoms with Crippen LogP contribution < -0.4 is 15.8 Å². The van der Waals surface area contributed by atoms with Crippen molar-refractivity contribution in [2.75, 3.05) is 0 Å². The zero-order chi connectivity index (χ0) is 15.2. The highest BCUT2D eigenvalue weighted by Crippen LogP contribution is 2.18. The molecule has 1 amide bonds. The fourth-order valence-electron chi connectivity index (χ4n) is 1.78. The number of nitrogens with two attached hydrogens (primary N) is 1. The molecule has 3 N–H and O–H groups in total. The van der Waals surface area contributed by atoms with Gasteiger partial charge < -0.3 is 15.8 Å². The molecule has 0 aliphatic heterocycles. The molecule has 5 nitrogen and oxygen atoms in total. The van der Waals surface area contributed by atoms with E-state index in [2.05, 4.69) is 10.3 Å². The van der Waals surface area contributed by atoms with E-state index in [0.29, 0.717) is 12.4 Å². The number of hydrogen-bond acceptors (Lipinski definition) is 5. The van der Waals surface area contributed by atoms with Gasteiger partial charge in [-0.05, 0) is 31.4 Å². The summed E-state index contributed by atoms with van der Waals surface area (Å²) in [6, 6.07) is 6.78. The highest BCUT2D eigenvalue weighted by Gasteiger charge is 2.17. The molecule has 1 unspecified atom stereocenters. The second-order valence-electron chi connectivity index (χ2n) is 4.85. The van der Waals surface area contributed by atoms with Crippen molar-refractivity contribution < 1.29 is 9.53 Å². The first kappa shape index (κ1) is 15.5. The molecule has 0 aliphatic carbocycles. The summed E-state index contributed by atoms with van der Waals surface area (Å²) in [4.78, 5) is 17.1. The summed E-state index contributed by atoms with van der Waals surface area (Å²) in [6.45, 7) is 4.21. The van der Waals surface area contributed by atoms with Crippen molar-refractivity contribution in [1.82, 2.24) is 10.3 Å². The highest BCUT2D eigenvalue weighted by molar-refractivity contribution is 7.10. The van der Waals surface area contributed by atoms with Crippen LogP contribution in [-0.4, -0.2) is 17.0 Å². The molecule has 0 saturated heterocycles. The third-order valence-corrected chi connectivity index (χ3v) is 3.74. The maximum absolute atomic E-state index is 12.1. The number of carbonyl (C=O) groups is 1. The van der Waals surface area contributed by atoms with Crippen LogP contribution in [0.3, 0.4) is 0 Å². The molecule has 2 aromatic heterocycles. The molecule has 112 valence electrons. The van der Waals surface area contributed by atoms with Crippen LogP contribution >= 0.6 is 11.3 Å². The van der Waals surface area contributed by atoms with Crippen LogP contribution in [0.5, 0.6) is 5.88 Å². The van der Waals surface area contributed by atoms with Crippen LogP contribution in [-0.2, 0) is 11.3 Å². The lowest BCUT2D eigenvalue weighted by Gasteiger charge is -2.14. The van der Waals surface area contributed by atoms with E-state index < -0.39 is 6.04 Å². The number of ether oxygens (including phenoxy) is 1. The van der Waals surface area contributed by atoms with Gasteiger partial charge in [0.1, 0.15) is 6.04 Å². The second kappa shape index (κ2) is 7.19. The highest BCUT2D eigenvalue weighted by atomic mass is 32.1. The summed E-state index contributed by atoms with van der Waals surface area (Å²) in [5, 5.41) is 4.72. The summed E-state index contributed by atoms with van der Waals surface area (Å²) in [5.74, 6) is 0.328. The molecule has 2 heterocycles. The van der Waals surface area contributed by atoms with Crippen molar-refractivity contribution >= 4 is 17.2 Å². The molecule has 0 saturated carbocycles. The Hall–Kier alpha value is -1.92. The Kier molecular flexibility index (Phi) is 5.30. The molecule has 2 rings (SSSR count). The molecule has 0 aliphatic rings. The maximum atomic E-state index is 12.1. The van der Waals surface area contributed by atoms with Gasteiger partial charge in [0.2, 0.25) is 11.8 Å². The number of pyridine rings is 1. The van der Waals surface area contributed by atoms with Gasteiger partial charge in [0.25, 0.3) is 0 Å². The molecule has 0 spiro atoms. The van der Waals surface area contributed by atoms with Crippen LogP contribution in [0.4, 0.5) is 0 Å². The number of rotatable bonds is 6. The number of nitrogens with zero attached hydrogens (tertiary/aromatic N) is 1. The second-order valence-corrected chi connectivity index (χ2v) is 5.82. The largest absolute Gasteiger partial charge is 0.475 e. The lowest BCUT2D eigenvalue weighted by Crippen LogP contribution is -2.33. The molecule has 0 fully saturated rings.